The molecule has 0 spiro atoms. The molecule has 4 rings (SSSR count). The van der Waals surface area contributed by atoms with E-state index in [-0.39, 0.29) is 6.04 Å². The second kappa shape index (κ2) is 8.95. The van der Waals surface area contributed by atoms with Crippen LogP contribution < -0.4 is 5.32 Å². The van der Waals surface area contributed by atoms with Crippen LogP contribution >= 0.6 is 22.7 Å². The van der Waals surface area contributed by atoms with Crippen molar-refractivity contribution < 1.29 is 8.42 Å². The predicted octanol–water partition coefficient (Wildman–Crippen LogP) is 5.03. The van der Waals surface area contributed by atoms with Crippen LogP contribution in [0, 0.1) is 13.0 Å². The van der Waals surface area contributed by atoms with Gasteiger partial charge in [0.2, 0.25) is 10.0 Å². The zero-order valence-electron chi connectivity index (χ0n) is 16.3. The third-order valence-electron chi connectivity index (χ3n) is 5.26. The lowest BCUT2D eigenvalue weighted by Crippen LogP contribution is -2.44. The van der Waals surface area contributed by atoms with Gasteiger partial charge in [0.15, 0.2) is 5.13 Å². The lowest BCUT2D eigenvalue weighted by Gasteiger charge is -2.34. The molecule has 2 aromatic heterocycles. The maximum Gasteiger partial charge on any atom is 0.244 e. The number of aromatic nitrogens is 1. The average Bonchev–Trinajstić information content (AvgIpc) is 3.41. The lowest BCUT2D eigenvalue weighted by atomic mass is 10.0. The van der Waals surface area contributed by atoms with Gasteiger partial charge >= 0.3 is 0 Å². The first-order chi connectivity index (χ1) is 14.1. The Bertz CT molecular complexity index is 1040. The van der Waals surface area contributed by atoms with Gasteiger partial charge in [-0.15, -0.1) is 0 Å². The number of nitrogens with zero attached hydrogens (tertiary/aromatic N) is 2. The molecule has 3 heterocycles. The number of sulfonamides is 1. The molecule has 0 aliphatic carbocycles. The van der Waals surface area contributed by atoms with Crippen LogP contribution in [-0.4, -0.2) is 36.8 Å². The number of rotatable bonds is 7. The Morgan fingerprint density at radius 2 is 2.24 bits per heavy atom. The summed E-state index contributed by atoms with van der Waals surface area (Å²) in [4.78, 5) is 6.02. The highest BCUT2D eigenvalue weighted by molar-refractivity contribution is 7.89. The van der Waals surface area contributed by atoms with E-state index in [0.717, 1.165) is 46.8 Å². The van der Waals surface area contributed by atoms with Gasteiger partial charge < -0.3 is 5.32 Å². The van der Waals surface area contributed by atoms with Crippen molar-refractivity contribution in [2.24, 2.45) is 0 Å². The second-order valence-corrected chi connectivity index (χ2v) is 10.9. The molecule has 0 saturated carbocycles. The molecule has 1 atom stereocenters. The summed E-state index contributed by atoms with van der Waals surface area (Å²) < 4.78 is 27.7. The van der Waals surface area contributed by atoms with Gasteiger partial charge in [-0.25, -0.2) is 13.4 Å². The second-order valence-electron chi connectivity index (χ2n) is 7.18. The zero-order chi connectivity index (χ0) is 20.3. The number of piperidine rings is 1. The van der Waals surface area contributed by atoms with E-state index in [1.54, 1.807) is 27.1 Å². The van der Waals surface area contributed by atoms with Crippen molar-refractivity contribution in [3.05, 3.63) is 52.9 Å². The van der Waals surface area contributed by atoms with Crippen molar-refractivity contribution in [3.8, 4) is 10.4 Å². The van der Waals surface area contributed by atoms with Crippen LogP contribution in [0.4, 0.5) is 5.13 Å². The standard InChI is InChI=1S/C21H24N3O2S3/c1-16-6-2-3-8-19(16)20-14-23-21(28-20)22-11-9-17-7-4-5-12-24(17)29(25,26)18-10-13-27-15-18/h2-3,8,10,13-15,17H,4-5,7,9,11-12H2,1H3,(H,22,23). The maximum absolute atomic E-state index is 13.0. The van der Waals surface area contributed by atoms with E-state index >= 15 is 0 Å². The number of nitrogens with one attached hydrogen (secondary N) is 1. The van der Waals surface area contributed by atoms with Crippen LogP contribution in [0.5, 0.6) is 0 Å². The number of benzene rings is 1. The summed E-state index contributed by atoms with van der Waals surface area (Å²) in [5.41, 5.74) is 2.26. The van der Waals surface area contributed by atoms with E-state index in [1.807, 2.05) is 30.6 Å². The summed E-state index contributed by atoms with van der Waals surface area (Å²) in [6.45, 7) is 3.36. The summed E-state index contributed by atoms with van der Waals surface area (Å²) in [5, 5.41) is 7.79. The minimum Gasteiger partial charge on any atom is -0.361 e. The third-order valence-corrected chi connectivity index (χ3v) is 9.03. The summed E-state index contributed by atoms with van der Waals surface area (Å²) in [6.07, 6.45) is 5.57. The highest BCUT2D eigenvalue weighted by Gasteiger charge is 2.33. The van der Waals surface area contributed by atoms with E-state index in [9.17, 15) is 8.42 Å². The lowest BCUT2D eigenvalue weighted by molar-refractivity contribution is 0.244. The van der Waals surface area contributed by atoms with Gasteiger partial charge in [-0.3, -0.25) is 0 Å². The summed E-state index contributed by atoms with van der Waals surface area (Å²) in [6, 6.07) is 10.9. The Labute approximate surface area is 180 Å². The van der Waals surface area contributed by atoms with Gasteiger partial charge in [0.1, 0.15) is 0 Å². The normalized spacial score (nSPS) is 18.0. The Morgan fingerprint density at radius 3 is 3.03 bits per heavy atom. The first-order valence-corrected chi connectivity index (χ1v) is 13.0. The molecule has 0 bridgehead atoms. The molecule has 1 aliphatic heterocycles. The van der Waals surface area contributed by atoms with Crippen LogP contribution in [-0.2, 0) is 10.0 Å². The molecule has 29 heavy (non-hydrogen) atoms. The fraction of sp³-hybridized carbons (Fsp3) is 0.381. The molecule has 8 heteroatoms. The number of hydrogen-bond donors (Lipinski definition) is 1. The van der Waals surface area contributed by atoms with Crippen LogP contribution in [0.3, 0.4) is 0 Å². The molecule has 1 N–H and O–H groups in total. The molecule has 5 nitrogen and oxygen atoms in total. The molecule has 3 aromatic rings. The fourth-order valence-corrected chi connectivity index (χ4v) is 7.39. The number of anilines is 1. The van der Waals surface area contributed by atoms with E-state index < -0.39 is 10.0 Å². The molecule has 153 valence electrons. The van der Waals surface area contributed by atoms with E-state index in [4.69, 9.17) is 0 Å². The van der Waals surface area contributed by atoms with Gasteiger partial charge in [-0.05, 0) is 54.8 Å². The number of hydrogen-bond acceptors (Lipinski definition) is 6. The molecule has 1 saturated heterocycles. The summed E-state index contributed by atoms with van der Waals surface area (Å²) >= 11 is 3.04. The Hall–Kier alpha value is -1.74. The van der Waals surface area contributed by atoms with Gasteiger partial charge in [-0.2, -0.15) is 15.6 Å². The molecular weight excluding hydrogens is 422 g/mol. The monoisotopic (exact) mass is 446 g/mol. The highest BCUT2D eigenvalue weighted by Crippen LogP contribution is 2.32. The number of thiophene rings is 1. The average molecular weight is 447 g/mol. The van der Waals surface area contributed by atoms with Crippen LogP contribution in [0.2, 0.25) is 0 Å². The summed E-state index contributed by atoms with van der Waals surface area (Å²) in [5.74, 6) is 0. The molecular formula is C21H24N3O2S3. The van der Waals surface area contributed by atoms with Crippen LogP contribution in [0.15, 0.2) is 46.1 Å². The molecule has 1 aromatic carbocycles. The van der Waals surface area contributed by atoms with E-state index in [1.165, 1.54) is 11.3 Å². The topological polar surface area (TPSA) is 62.3 Å². The van der Waals surface area contributed by atoms with Crippen molar-refractivity contribution in [1.82, 2.24) is 9.29 Å². The largest absolute Gasteiger partial charge is 0.361 e. The smallest absolute Gasteiger partial charge is 0.244 e. The number of aryl methyl sites for hydroxylation is 1. The third kappa shape index (κ3) is 4.55. The van der Waals surface area contributed by atoms with Crippen molar-refractivity contribution in [1.29, 1.82) is 0 Å². The van der Waals surface area contributed by atoms with E-state index in [0.29, 0.717) is 18.0 Å². The van der Waals surface area contributed by atoms with Crippen molar-refractivity contribution >= 4 is 37.8 Å². The Balaban J connectivity index is 1.39. The minimum absolute atomic E-state index is 0.0338. The van der Waals surface area contributed by atoms with Crippen LogP contribution in [0.25, 0.3) is 10.4 Å². The first kappa shape index (κ1) is 20.5. The molecule has 1 aliphatic rings. The van der Waals surface area contributed by atoms with Crippen LogP contribution in [0.1, 0.15) is 31.2 Å². The summed E-state index contributed by atoms with van der Waals surface area (Å²) in [7, 11) is -3.40. The Morgan fingerprint density at radius 1 is 1.34 bits per heavy atom. The molecule has 1 unspecified atom stereocenters. The van der Waals surface area contributed by atoms with Crippen molar-refractivity contribution in [2.75, 3.05) is 18.4 Å². The highest BCUT2D eigenvalue weighted by atomic mass is 32.2. The first-order valence-electron chi connectivity index (χ1n) is 9.77. The van der Waals surface area contributed by atoms with Gasteiger partial charge in [0.25, 0.3) is 0 Å². The van der Waals surface area contributed by atoms with Gasteiger partial charge in [0, 0.05) is 30.7 Å². The van der Waals surface area contributed by atoms with Crippen molar-refractivity contribution in [3.63, 3.8) is 0 Å². The molecule has 0 amide bonds. The van der Waals surface area contributed by atoms with E-state index in [2.05, 4.69) is 22.4 Å². The Kier molecular flexibility index (Phi) is 6.34. The SMILES string of the molecule is Cc1[c]cccc1-c1cnc(NCCC2CCCCN2S(=O)(=O)c2ccsc2)s1. The number of thiazole rings is 1. The zero-order valence-corrected chi connectivity index (χ0v) is 18.7. The predicted molar refractivity (Wildman–Crippen MR) is 120 cm³/mol. The molecule has 1 radical (unpaired) electrons. The maximum atomic E-state index is 13.0. The quantitative estimate of drug-likeness (QED) is 0.553. The minimum atomic E-state index is -3.40. The van der Waals surface area contributed by atoms with Gasteiger partial charge in [0.05, 0.1) is 9.77 Å². The van der Waals surface area contributed by atoms with Gasteiger partial charge in [-0.1, -0.05) is 36.0 Å². The molecule has 1 fully saturated rings. The van der Waals surface area contributed by atoms with Crippen molar-refractivity contribution in [2.45, 2.75) is 43.5 Å². The fourth-order valence-electron chi connectivity index (χ4n) is 3.73.